The molecule has 1 N–H and O–H groups in total. The molecule has 1 aromatic heterocycles. The van der Waals surface area contributed by atoms with Gasteiger partial charge in [-0.1, -0.05) is 51.5 Å². The summed E-state index contributed by atoms with van der Waals surface area (Å²) in [6, 6.07) is 8.71. The lowest BCUT2D eigenvalue weighted by Crippen LogP contribution is -2.42. The Balaban J connectivity index is 1.35. The number of rotatable bonds is 5. The number of likely N-dealkylation sites (tertiary alicyclic amines) is 1. The molecule has 1 aromatic carbocycles. The molecule has 3 heterocycles. The van der Waals surface area contributed by atoms with Gasteiger partial charge < -0.3 is 19.2 Å². The first kappa shape index (κ1) is 24.6. The number of H-pyrrole nitrogens is 1. The van der Waals surface area contributed by atoms with Crippen molar-refractivity contribution < 1.29 is 14.1 Å². The zero-order chi connectivity index (χ0) is 25.1. The van der Waals surface area contributed by atoms with Crippen molar-refractivity contribution in [1.82, 2.24) is 14.9 Å². The van der Waals surface area contributed by atoms with E-state index in [1.54, 1.807) is 0 Å². The van der Waals surface area contributed by atoms with Crippen LogP contribution in [0.15, 0.2) is 30.5 Å². The summed E-state index contributed by atoms with van der Waals surface area (Å²) in [4.78, 5) is 24.0. The molecular weight excluding hydrogens is 437 g/mol. The third-order valence-corrected chi connectivity index (χ3v) is 9.14. The van der Waals surface area contributed by atoms with Crippen LogP contribution in [0, 0.1) is 17.8 Å². The molecule has 0 radical (unpaired) electrons. The monoisotopic (exact) mass is 477 g/mol. The normalized spacial score (nSPS) is 28.1. The van der Waals surface area contributed by atoms with Crippen LogP contribution in [0.3, 0.4) is 0 Å². The van der Waals surface area contributed by atoms with Crippen LogP contribution in [0.5, 0.6) is 0 Å². The Labute approximate surface area is 210 Å². The molecule has 0 bridgehead atoms. The van der Waals surface area contributed by atoms with Gasteiger partial charge in [-0.2, -0.15) is 0 Å². The van der Waals surface area contributed by atoms with E-state index in [2.05, 4.69) is 82.6 Å². The van der Waals surface area contributed by atoms with Crippen LogP contribution in [-0.4, -0.2) is 45.1 Å². The molecule has 188 valence electrons. The first-order valence-corrected chi connectivity index (χ1v) is 13.3. The highest BCUT2D eigenvalue weighted by molar-refractivity contribution is 6.62. The molecule has 1 amide bonds. The summed E-state index contributed by atoms with van der Waals surface area (Å²) in [7, 11) is -0.369. The van der Waals surface area contributed by atoms with Gasteiger partial charge in [-0.25, -0.2) is 4.98 Å². The highest BCUT2D eigenvalue weighted by Crippen LogP contribution is 2.48. The van der Waals surface area contributed by atoms with E-state index in [0.717, 1.165) is 35.4 Å². The number of benzene rings is 1. The van der Waals surface area contributed by atoms with Crippen molar-refractivity contribution in [3.63, 3.8) is 0 Å². The lowest BCUT2D eigenvalue weighted by molar-refractivity contribution is -0.139. The number of aromatic amines is 1. The first-order valence-electron chi connectivity index (χ1n) is 13.3. The predicted octanol–water partition coefficient (Wildman–Crippen LogP) is 5.11. The Morgan fingerprint density at radius 1 is 1.09 bits per heavy atom. The van der Waals surface area contributed by atoms with Gasteiger partial charge in [0.2, 0.25) is 5.91 Å². The molecule has 2 saturated heterocycles. The van der Waals surface area contributed by atoms with E-state index in [-0.39, 0.29) is 36.2 Å². The van der Waals surface area contributed by atoms with Crippen molar-refractivity contribution in [3.8, 4) is 11.3 Å². The summed E-state index contributed by atoms with van der Waals surface area (Å²) in [6.07, 6.45) is 6.47. The van der Waals surface area contributed by atoms with E-state index >= 15 is 0 Å². The minimum absolute atomic E-state index is 0.0220. The topological polar surface area (TPSA) is 67.5 Å². The number of nitrogens with one attached hydrogen (secondary N) is 1. The fourth-order valence-electron chi connectivity index (χ4n) is 5.82. The van der Waals surface area contributed by atoms with Crippen LogP contribution in [0.1, 0.15) is 86.0 Å². The quantitative estimate of drug-likeness (QED) is 0.608. The van der Waals surface area contributed by atoms with Crippen LogP contribution in [-0.2, 0) is 14.1 Å². The molecule has 6 nitrogen and oxygen atoms in total. The van der Waals surface area contributed by atoms with Crippen molar-refractivity contribution in [2.75, 3.05) is 0 Å². The summed E-state index contributed by atoms with van der Waals surface area (Å²) in [5.41, 5.74) is 2.34. The second-order valence-corrected chi connectivity index (χ2v) is 12.2. The van der Waals surface area contributed by atoms with Gasteiger partial charge in [0, 0.05) is 12.0 Å². The number of fused-ring (bicyclic) bond motifs is 1. The fraction of sp³-hybridized carbons (Fsp3) is 0.643. The number of nitrogens with zero attached hydrogens (tertiary/aromatic N) is 2. The van der Waals surface area contributed by atoms with Gasteiger partial charge in [-0.05, 0) is 69.8 Å². The third-order valence-electron chi connectivity index (χ3n) is 9.14. The van der Waals surface area contributed by atoms with E-state index in [1.165, 1.54) is 12.8 Å². The van der Waals surface area contributed by atoms with Crippen molar-refractivity contribution in [2.45, 2.75) is 97.4 Å². The Morgan fingerprint density at radius 2 is 1.74 bits per heavy atom. The van der Waals surface area contributed by atoms with Gasteiger partial charge in [0.25, 0.3) is 0 Å². The van der Waals surface area contributed by atoms with Gasteiger partial charge in [-0.3, -0.25) is 4.79 Å². The van der Waals surface area contributed by atoms with Gasteiger partial charge in [-0.15, -0.1) is 0 Å². The third kappa shape index (κ3) is 4.25. The van der Waals surface area contributed by atoms with Crippen molar-refractivity contribution in [2.24, 2.45) is 17.8 Å². The molecule has 5 rings (SSSR count). The Bertz CT molecular complexity index is 1060. The van der Waals surface area contributed by atoms with Crippen molar-refractivity contribution in [3.05, 3.63) is 36.3 Å². The average Bonchev–Trinajstić information content (AvgIpc) is 3.55. The first-order chi connectivity index (χ1) is 16.5. The average molecular weight is 477 g/mol. The summed E-state index contributed by atoms with van der Waals surface area (Å²) in [5.74, 6) is 2.14. The SMILES string of the molecule is CC(C)[C@H](C)C(=O)N1[C@@H](c2ncc(-c3ccc(B4OC(C)(C)C(C)(C)O4)cc3)[nH]2)C[C@H]2CCC[C@H]21. The van der Waals surface area contributed by atoms with Crippen LogP contribution in [0.4, 0.5) is 0 Å². The number of aromatic nitrogens is 2. The molecule has 0 spiro atoms. The van der Waals surface area contributed by atoms with Crippen LogP contribution in [0.25, 0.3) is 11.3 Å². The number of carbonyl (C=O) groups is 1. The van der Waals surface area contributed by atoms with E-state index in [0.29, 0.717) is 17.9 Å². The van der Waals surface area contributed by atoms with Crippen LogP contribution in [0.2, 0.25) is 0 Å². The molecule has 1 saturated carbocycles. The molecule has 35 heavy (non-hydrogen) atoms. The van der Waals surface area contributed by atoms with E-state index < -0.39 is 0 Å². The Kier molecular flexibility index (Phi) is 6.16. The molecule has 3 fully saturated rings. The molecule has 2 aliphatic heterocycles. The summed E-state index contributed by atoms with van der Waals surface area (Å²) in [6.45, 7) is 14.6. The number of amides is 1. The van der Waals surface area contributed by atoms with Crippen molar-refractivity contribution >= 4 is 18.5 Å². The standard InChI is InChI=1S/C28H40BN3O3/c1-17(2)18(3)26(33)32-23-10-8-9-20(23)15-24(32)25-30-16-22(31-25)19-11-13-21(14-12-19)29-34-27(4,5)28(6,7)35-29/h11-14,16-18,20,23-24H,8-10,15H2,1-7H3,(H,30,31)/t18-,20+,23+,24+/m0/s1. The lowest BCUT2D eigenvalue weighted by Gasteiger charge is -2.32. The largest absolute Gasteiger partial charge is 0.494 e. The molecular formula is C28H40BN3O3. The van der Waals surface area contributed by atoms with E-state index in [1.807, 2.05) is 6.20 Å². The maximum Gasteiger partial charge on any atom is 0.494 e. The minimum Gasteiger partial charge on any atom is -0.399 e. The highest BCUT2D eigenvalue weighted by Gasteiger charge is 2.52. The van der Waals surface area contributed by atoms with Gasteiger partial charge in [0.15, 0.2) is 0 Å². The number of hydrogen-bond acceptors (Lipinski definition) is 4. The van der Waals surface area contributed by atoms with Crippen LogP contribution >= 0.6 is 0 Å². The maximum atomic E-state index is 13.5. The lowest BCUT2D eigenvalue weighted by atomic mass is 9.79. The minimum atomic E-state index is -0.369. The summed E-state index contributed by atoms with van der Waals surface area (Å²) < 4.78 is 12.4. The van der Waals surface area contributed by atoms with Gasteiger partial charge in [0.1, 0.15) is 5.82 Å². The zero-order valence-corrected chi connectivity index (χ0v) is 22.3. The molecule has 1 aliphatic carbocycles. The Hall–Kier alpha value is -2.12. The molecule has 7 heteroatoms. The zero-order valence-electron chi connectivity index (χ0n) is 22.3. The Morgan fingerprint density at radius 3 is 2.37 bits per heavy atom. The van der Waals surface area contributed by atoms with E-state index in [9.17, 15) is 4.79 Å². The summed E-state index contributed by atoms with van der Waals surface area (Å²) in [5, 5.41) is 0. The molecule has 2 aromatic rings. The second kappa shape index (κ2) is 8.77. The number of imidazole rings is 1. The molecule has 0 unspecified atom stereocenters. The second-order valence-electron chi connectivity index (χ2n) is 12.2. The molecule has 4 atom stereocenters. The maximum absolute atomic E-state index is 13.5. The number of hydrogen-bond donors (Lipinski definition) is 1. The smallest absolute Gasteiger partial charge is 0.399 e. The van der Waals surface area contributed by atoms with Gasteiger partial charge in [0.05, 0.1) is 29.1 Å². The van der Waals surface area contributed by atoms with Crippen molar-refractivity contribution in [1.29, 1.82) is 0 Å². The fourth-order valence-corrected chi connectivity index (χ4v) is 5.82. The van der Waals surface area contributed by atoms with Gasteiger partial charge >= 0.3 is 7.12 Å². The highest BCUT2D eigenvalue weighted by atomic mass is 16.7. The predicted molar refractivity (Wildman–Crippen MR) is 139 cm³/mol. The van der Waals surface area contributed by atoms with Crippen LogP contribution < -0.4 is 5.46 Å². The molecule has 3 aliphatic rings. The van der Waals surface area contributed by atoms with E-state index in [4.69, 9.17) is 14.3 Å². The number of carbonyl (C=O) groups excluding carboxylic acids is 1. The summed E-state index contributed by atoms with van der Waals surface area (Å²) >= 11 is 0.